The minimum Gasteiger partial charge on any atom is -0.497 e. The van der Waals surface area contributed by atoms with Gasteiger partial charge >= 0.3 is 0 Å². The first kappa shape index (κ1) is 13.9. The molecule has 0 aromatic heterocycles. The number of piperidine rings is 1. The van der Waals surface area contributed by atoms with E-state index >= 15 is 0 Å². The van der Waals surface area contributed by atoms with E-state index in [1.165, 1.54) is 0 Å². The molecule has 0 bridgehead atoms. The Hall–Kier alpha value is -1.55. The number of carbonyl (C=O) groups excluding carboxylic acids is 1. The van der Waals surface area contributed by atoms with E-state index in [1.807, 2.05) is 17.0 Å². The zero-order valence-electron chi connectivity index (χ0n) is 11.8. The molecule has 1 aromatic carbocycles. The third-order valence-corrected chi connectivity index (χ3v) is 3.86. The molecule has 1 aliphatic heterocycles. The van der Waals surface area contributed by atoms with E-state index in [1.54, 1.807) is 19.2 Å². The second-order valence-corrected chi connectivity index (χ2v) is 5.76. The van der Waals surface area contributed by atoms with Crippen LogP contribution in [0.3, 0.4) is 0 Å². The smallest absolute Gasteiger partial charge is 0.254 e. The minimum absolute atomic E-state index is 0.0443. The third-order valence-electron chi connectivity index (χ3n) is 3.86. The quantitative estimate of drug-likeness (QED) is 0.887. The molecule has 4 nitrogen and oxygen atoms in total. The maximum Gasteiger partial charge on any atom is 0.254 e. The fraction of sp³-hybridized carbons (Fsp3) is 0.533. The summed E-state index contributed by atoms with van der Waals surface area (Å²) in [6, 6.07) is 7.30. The summed E-state index contributed by atoms with van der Waals surface area (Å²) in [6.07, 6.45) is 1.91. The van der Waals surface area contributed by atoms with Crippen LogP contribution in [0.4, 0.5) is 0 Å². The predicted octanol–water partition coefficient (Wildman–Crippen LogP) is 2.04. The van der Waals surface area contributed by atoms with Gasteiger partial charge in [-0.3, -0.25) is 4.79 Å². The number of rotatable bonds is 2. The molecule has 1 fully saturated rings. The SMILES string of the molecule is COc1ccc(C(=O)N2CC(N)CCC2(C)C)cc1. The highest BCUT2D eigenvalue weighted by atomic mass is 16.5. The minimum atomic E-state index is -0.132. The molecule has 1 aliphatic rings. The Labute approximate surface area is 114 Å². The van der Waals surface area contributed by atoms with Crippen LogP contribution in [0, 0.1) is 0 Å². The number of ether oxygens (including phenoxy) is 1. The Bertz CT molecular complexity index is 454. The highest BCUT2D eigenvalue weighted by Gasteiger charge is 2.36. The Balaban J connectivity index is 2.21. The standard InChI is InChI=1S/C15H22N2O2/c1-15(2)9-8-12(16)10-17(15)14(18)11-4-6-13(19-3)7-5-11/h4-7,12H,8-10,16H2,1-3H3. The van der Waals surface area contributed by atoms with Gasteiger partial charge in [0, 0.05) is 23.7 Å². The molecule has 1 unspecified atom stereocenters. The normalized spacial score (nSPS) is 22.1. The van der Waals surface area contributed by atoms with E-state index in [0.29, 0.717) is 12.1 Å². The van der Waals surface area contributed by atoms with E-state index in [2.05, 4.69) is 13.8 Å². The van der Waals surface area contributed by atoms with E-state index in [4.69, 9.17) is 10.5 Å². The number of hydrogen-bond donors (Lipinski definition) is 1. The van der Waals surface area contributed by atoms with Gasteiger partial charge in [0.05, 0.1) is 7.11 Å². The van der Waals surface area contributed by atoms with Crippen molar-refractivity contribution in [3.63, 3.8) is 0 Å². The summed E-state index contributed by atoms with van der Waals surface area (Å²) in [5, 5.41) is 0. The van der Waals surface area contributed by atoms with Gasteiger partial charge in [0.1, 0.15) is 5.75 Å². The molecule has 0 radical (unpaired) electrons. The van der Waals surface area contributed by atoms with Crippen molar-refractivity contribution < 1.29 is 9.53 Å². The van der Waals surface area contributed by atoms with Crippen LogP contribution >= 0.6 is 0 Å². The molecule has 1 heterocycles. The molecule has 4 heteroatoms. The molecule has 2 N–H and O–H groups in total. The monoisotopic (exact) mass is 262 g/mol. The highest BCUT2D eigenvalue weighted by molar-refractivity contribution is 5.95. The van der Waals surface area contributed by atoms with Gasteiger partial charge in [-0.2, -0.15) is 0 Å². The Morgan fingerprint density at radius 2 is 2.00 bits per heavy atom. The van der Waals surface area contributed by atoms with Crippen molar-refractivity contribution in [2.75, 3.05) is 13.7 Å². The predicted molar refractivity (Wildman–Crippen MR) is 75.3 cm³/mol. The maximum atomic E-state index is 12.6. The molecular weight excluding hydrogens is 240 g/mol. The lowest BCUT2D eigenvalue weighted by atomic mass is 9.87. The number of methoxy groups -OCH3 is 1. The van der Waals surface area contributed by atoms with Crippen molar-refractivity contribution >= 4 is 5.91 Å². The molecule has 1 saturated heterocycles. The fourth-order valence-corrected chi connectivity index (χ4v) is 2.49. The van der Waals surface area contributed by atoms with E-state index in [0.717, 1.165) is 18.6 Å². The lowest BCUT2D eigenvalue weighted by Crippen LogP contribution is -2.56. The lowest BCUT2D eigenvalue weighted by molar-refractivity contribution is 0.0395. The zero-order chi connectivity index (χ0) is 14.0. The molecule has 1 aromatic rings. The van der Waals surface area contributed by atoms with Crippen LogP contribution in [0.5, 0.6) is 5.75 Å². The summed E-state index contributed by atoms with van der Waals surface area (Å²) in [5.41, 5.74) is 6.55. The number of amides is 1. The Morgan fingerprint density at radius 1 is 1.37 bits per heavy atom. The summed E-state index contributed by atoms with van der Waals surface area (Å²) in [5.74, 6) is 0.800. The van der Waals surface area contributed by atoms with Crippen LogP contribution in [0.15, 0.2) is 24.3 Å². The molecule has 1 amide bonds. The van der Waals surface area contributed by atoms with Crippen molar-refractivity contribution in [2.45, 2.75) is 38.3 Å². The summed E-state index contributed by atoms with van der Waals surface area (Å²) in [6.45, 7) is 4.82. The summed E-state index contributed by atoms with van der Waals surface area (Å²) < 4.78 is 5.11. The second-order valence-electron chi connectivity index (χ2n) is 5.76. The average molecular weight is 262 g/mol. The van der Waals surface area contributed by atoms with Gasteiger partial charge in [-0.25, -0.2) is 0 Å². The Kier molecular flexibility index (Phi) is 3.80. The van der Waals surface area contributed by atoms with Gasteiger partial charge in [-0.15, -0.1) is 0 Å². The molecule has 104 valence electrons. The van der Waals surface area contributed by atoms with Gasteiger partial charge in [-0.05, 0) is 51.0 Å². The van der Waals surface area contributed by atoms with Crippen molar-refractivity contribution in [3.05, 3.63) is 29.8 Å². The second kappa shape index (κ2) is 5.21. The molecule has 0 spiro atoms. The number of nitrogens with two attached hydrogens (primary N) is 1. The van der Waals surface area contributed by atoms with Crippen LogP contribution in [-0.2, 0) is 0 Å². The van der Waals surface area contributed by atoms with E-state index in [-0.39, 0.29) is 17.5 Å². The van der Waals surface area contributed by atoms with Gasteiger partial charge < -0.3 is 15.4 Å². The first-order valence-electron chi connectivity index (χ1n) is 6.65. The summed E-state index contributed by atoms with van der Waals surface area (Å²) >= 11 is 0. The van der Waals surface area contributed by atoms with Crippen LogP contribution in [0.2, 0.25) is 0 Å². The first-order valence-corrected chi connectivity index (χ1v) is 6.65. The van der Waals surface area contributed by atoms with Crippen LogP contribution < -0.4 is 10.5 Å². The number of nitrogens with zero attached hydrogens (tertiary/aromatic N) is 1. The molecule has 1 atom stereocenters. The van der Waals surface area contributed by atoms with Crippen molar-refractivity contribution in [2.24, 2.45) is 5.73 Å². The van der Waals surface area contributed by atoms with Crippen LogP contribution in [0.1, 0.15) is 37.0 Å². The van der Waals surface area contributed by atoms with Crippen molar-refractivity contribution in [3.8, 4) is 5.75 Å². The lowest BCUT2D eigenvalue weighted by Gasteiger charge is -2.44. The van der Waals surface area contributed by atoms with Gasteiger partial charge in [0.15, 0.2) is 0 Å². The first-order chi connectivity index (χ1) is 8.94. The van der Waals surface area contributed by atoms with Gasteiger partial charge in [-0.1, -0.05) is 0 Å². The van der Waals surface area contributed by atoms with Crippen LogP contribution in [0.25, 0.3) is 0 Å². The third kappa shape index (κ3) is 2.89. The zero-order valence-corrected chi connectivity index (χ0v) is 11.8. The van der Waals surface area contributed by atoms with Gasteiger partial charge in [0.2, 0.25) is 0 Å². The average Bonchev–Trinajstić information content (AvgIpc) is 2.41. The van der Waals surface area contributed by atoms with Crippen molar-refractivity contribution in [1.29, 1.82) is 0 Å². The number of carbonyl (C=O) groups is 1. The fourth-order valence-electron chi connectivity index (χ4n) is 2.49. The maximum absolute atomic E-state index is 12.6. The molecule has 2 rings (SSSR count). The molecular formula is C15H22N2O2. The van der Waals surface area contributed by atoms with E-state index < -0.39 is 0 Å². The largest absolute Gasteiger partial charge is 0.497 e. The molecule has 19 heavy (non-hydrogen) atoms. The van der Waals surface area contributed by atoms with Crippen LogP contribution in [-0.4, -0.2) is 36.0 Å². The summed E-state index contributed by atoms with van der Waals surface area (Å²) in [7, 11) is 1.61. The van der Waals surface area contributed by atoms with Gasteiger partial charge in [0.25, 0.3) is 5.91 Å². The van der Waals surface area contributed by atoms with E-state index in [9.17, 15) is 4.79 Å². The number of likely N-dealkylation sites (tertiary alicyclic amines) is 1. The molecule has 0 saturated carbocycles. The van der Waals surface area contributed by atoms with Crippen molar-refractivity contribution in [1.82, 2.24) is 4.90 Å². The molecule has 0 aliphatic carbocycles. The number of benzene rings is 1. The Morgan fingerprint density at radius 3 is 2.58 bits per heavy atom. The number of hydrogen-bond acceptors (Lipinski definition) is 3. The topological polar surface area (TPSA) is 55.6 Å². The highest BCUT2D eigenvalue weighted by Crippen LogP contribution is 2.28. The summed E-state index contributed by atoms with van der Waals surface area (Å²) in [4.78, 5) is 14.5.